The van der Waals surface area contributed by atoms with E-state index >= 15 is 0 Å². The van der Waals surface area contributed by atoms with E-state index in [9.17, 15) is 18.3 Å². The number of amides is 2. The third-order valence-electron chi connectivity index (χ3n) is 3.59. The summed E-state index contributed by atoms with van der Waals surface area (Å²) < 4.78 is 22.7. The molecule has 2 atom stereocenters. The van der Waals surface area contributed by atoms with Crippen molar-refractivity contribution >= 4 is 21.6 Å². The van der Waals surface area contributed by atoms with Crippen LogP contribution in [-0.4, -0.2) is 38.0 Å². The Balaban J connectivity index is 1.93. The van der Waals surface area contributed by atoms with Crippen molar-refractivity contribution in [1.82, 2.24) is 5.32 Å². The van der Waals surface area contributed by atoms with E-state index in [0.29, 0.717) is 12.1 Å². The molecule has 0 bridgehead atoms. The number of hydrogen-bond acceptors (Lipinski definition) is 4. The zero-order valence-corrected chi connectivity index (χ0v) is 12.7. The maximum absolute atomic E-state index is 11.9. The number of hydrogen-bond donors (Lipinski definition) is 3. The maximum Gasteiger partial charge on any atom is 0.319 e. The van der Waals surface area contributed by atoms with E-state index in [0.717, 1.165) is 25.5 Å². The van der Waals surface area contributed by atoms with Gasteiger partial charge in [0.05, 0.1) is 17.0 Å². The molecular weight excluding hydrogens is 292 g/mol. The average molecular weight is 312 g/mol. The van der Waals surface area contributed by atoms with Crippen LogP contribution in [0.15, 0.2) is 29.2 Å². The van der Waals surface area contributed by atoms with Crippen LogP contribution >= 0.6 is 0 Å². The smallest absolute Gasteiger partial charge is 0.319 e. The van der Waals surface area contributed by atoms with Crippen LogP contribution in [0.5, 0.6) is 0 Å². The Bertz CT molecular complexity index is 598. The van der Waals surface area contributed by atoms with Gasteiger partial charge in [-0.3, -0.25) is 0 Å². The molecule has 2 rings (SSSR count). The summed E-state index contributed by atoms with van der Waals surface area (Å²) >= 11 is 0. The van der Waals surface area contributed by atoms with Gasteiger partial charge in [-0.25, -0.2) is 13.2 Å². The molecule has 1 aromatic carbocycles. The summed E-state index contributed by atoms with van der Waals surface area (Å²) in [6, 6.07) is 5.34. The number of sulfone groups is 1. The van der Waals surface area contributed by atoms with Crippen molar-refractivity contribution in [3.63, 3.8) is 0 Å². The molecule has 6 nitrogen and oxygen atoms in total. The third-order valence-corrected chi connectivity index (χ3v) is 4.71. The van der Waals surface area contributed by atoms with E-state index in [1.807, 2.05) is 0 Å². The molecule has 116 valence electrons. The van der Waals surface area contributed by atoms with Crippen LogP contribution in [-0.2, 0) is 9.84 Å². The van der Waals surface area contributed by atoms with Crippen LogP contribution in [0.25, 0.3) is 0 Å². The fourth-order valence-corrected chi connectivity index (χ4v) is 3.03. The molecule has 7 heteroatoms. The molecule has 0 radical (unpaired) electrons. The Morgan fingerprint density at radius 1 is 1.19 bits per heavy atom. The normalized spacial score (nSPS) is 22.6. The highest BCUT2D eigenvalue weighted by molar-refractivity contribution is 7.90. The van der Waals surface area contributed by atoms with E-state index in [1.165, 1.54) is 24.3 Å². The summed E-state index contributed by atoms with van der Waals surface area (Å²) in [5.41, 5.74) is 0.505. The highest BCUT2D eigenvalue weighted by Crippen LogP contribution is 2.19. The molecule has 3 N–H and O–H groups in total. The minimum Gasteiger partial charge on any atom is -0.391 e. The van der Waals surface area contributed by atoms with Crippen LogP contribution in [0, 0.1) is 0 Å². The maximum atomic E-state index is 11.9. The molecule has 0 saturated heterocycles. The molecule has 0 spiro atoms. The van der Waals surface area contributed by atoms with E-state index in [-0.39, 0.29) is 10.9 Å². The second-order valence-electron chi connectivity index (χ2n) is 5.35. The minimum absolute atomic E-state index is 0.205. The SMILES string of the molecule is CS(=O)(=O)c1ccc(NC(=O)NC2CCCCC2O)cc1. The topological polar surface area (TPSA) is 95.5 Å². The lowest BCUT2D eigenvalue weighted by Crippen LogP contribution is -2.46. The van der Waals surface area contributed by atoms with Crippen LogP contribution in [0.1, 0.15) is 25.7 Å². The van der Waals surface area contributed by atoms with Gasteiger partial charge in [-0.1, -0.05) is 12.8 Å². The summed E-state index contributed by atoms with van der Waals surface area (Å²) in [6.45, 7) is 0. The van der Waals surface area contributed by atoms with E-state index in [2.05, 4.69) is 10.6 Å². The predicted molar refractivity (Wildman–Crippen MR) is 80.0 cm³/mol. The highest BCUT2D eigenvalue weighted by Gasteiger charge is 2.24. The first-order valence-corrected chi connectivity index (χ1v) is 8.81. The van der Waals surface area contributed by atoms with Crippen molar-refractivity contribution in [3.05, 3.63) is 24.3 Å². The molecule has 1 fully saturated rings. The summed E-state index contributed by atoms with van der Waals surface area (Å²) in [6.07, 6.45) is 4.07. The van der Waals surface area contributed by atoms with Gasteiger partial charge in [0.15, 0.2) is 9.84 Å². The molecule has 0 aliphatic heterocycles. The number of carbonyl (C=O) groups excluding carboxylic acids is 1. The Morgan fingerprint density at radius 3 is 2.38 bits per heavy atom. The number of aliphatic hydroxyl groups excluding tert-OH is 1. The van der Waals surface area contributed by atoms with E-state index in [1.54, 1.807) is 0 Å². The lowest BCUT2D eigenvalue weighted by molar-refractivity contribution is 0.0955. The van der Waals surface area contributed by atoms with Gasteiger partial charge in [-0.05, 0) is 37.1 Å². The van der Waals surface area contributed by atoms with Crippen LogP contribution < -0.4 is 10.6 Å². The number of urea groups is 1. The molecule has 2 amide bonds. The van der Waals surface area contributed by atoms with Crippen LogP contribution in [0.4, 0.5) is 10.5 Å². The van der Waals surface area contributed by atoms with Crippen molar-refractivity contribution in [2.24, 2.45) is 0 Å². The van der Waals surface area contributed by atoms with E-state index < -0.39 is 22.0 Å². The third kappa shape index (κ3) is 4.44. The van der Waals surface area contributed by atoms with Gasteiger partial charge in [0.1, 0.15) is 0 Å². The monoisotopic (exact) mass is 312 g/mol. The summed E-state index contributed by atoms with van der Waals surface area (Å²) in [5, 5.41) is 15.2. The molecule has 21 heavy (non-hydrogen) atoms. The van der Waals surface area contributed by atoms with Gasteiger partial charge >= 0.3 is 6.03 Å². The van der Waals surface area contributed by atoms with Crippen molar-refractivity contribution in [3.8, 4) is 0 Å². The fraction of sp³-hybridized carbons (Fsp3) is 0.500. The van der Waals surface area contributed by atoms with Gasteiger partial charge < -0.3 is 15.7 Å². The second kappa shape index (κ2) is 6.44. The number of rotatable bonds is 3. The summed E-state index contributed by atoms with van der Waals surface area (Å²) in [5.74, 6) is 0. The number of aliphatic hydroxyl groups is 1. The Hall–Kier alpha value is -1.60. The van der Waals surface area contributed by atoms with Gasteiger partial charge in [0.25, 0.3) is 0 Å². The number of nitrogens with one attached hydrogen (secondary N) is 2. The molecule has 1 aromatic rings. The van der Waals surface area contributed by atoms with Crippen LogP contribution in [0.2, 0.25) is 0 Å². The first-order valence-electron chi connectivity index (χ1n) is 6.92. The standard InChI is InChI=1S/C14H20N2O4S/c1-21(19,20)11-8-6-10(7-9-11)15-14(18)16-12-4-2-3-5-13(12)17/h6-9,12-13,17H,2-5H2,1H3,(H2,15,16,18). The zero-order chi connectivity index (χ0) is 15.5. The van der Waals surface area contributed by atoms with Gasteiger partial charge in [-0.2, -0.15) is 0 Å². The minimum atomic E-state index is -3.24. The van der Waals surface area contributed by atoms with Crippen molar-refractivity contribution < 1.29 is 18.3 Å². The summed E-state index contributed by atoms with van der Waals surface area (Å²) in [7, 11) is -3.24. The number of carbonyl (C=O) groups is 1. The first-order chi connectivity index (χ1) is 9.86. The van der Waals surface area contributed by atoms with Gasteiger partial charge in [0, 0.05) is 11.9 Å². The highest BCUT2D eigenvalue weighted by atomic mass is 32.2. The van der Waals surface area contributed by atoms with Gasteiger partial charge in [0.2, 0.25) is 0 Å². The zero-order valence-electron chi connectivity index (χ0n) is 11.9. The molecule has 0 aromatic heterocycles. The molecule has 1 aliphatic rings. The number of benzene rings is 1. The largest absolute Gasteiger partial charge is 0.391 e. The Morgan fingerprint density at radius 2 is 1.81 bits per heavy atom. The van der Waals surface area contributed by atoms with Crippen molar-refractivity contribution in [2.75, 3.05) is 11.6 Å². The molecular formula is C14H20N2O4S. The Labute approximate surface area is 124 Å². The summed E-state index contributed by atoms with van der Waals surface area (Å²) in [4.78, 5) is 12.1. The van der Waals surface area contributed by atoms with E-state index in [4.69, 9.17) is 0 Å². The van der Waals surface area contributed by atoms with Gasteiger partial charge in [-0.15, -0.1) is 0 Å². The lowest BCUT2D eigenvalue weighted by Gasteiger charge is -2.28. The first kappa shape index (κ1) is 15.8. The molecule has 2 unspecified atom stereocenters. The molecule has 0 heterocycles. The molecule has 1 aliphatic carbocycles. The second-order valence-corrected chi connectivity index (χ2v) is 7.37. The van der Waals surface area contributed by atoms with Crippen molar-refractivity contribution in [2.45, 2.75) is 42.7 Å². The fourth-order valence-electron chi connectivity index (χ4n) is 2.40. The average Bonchev–Trinajstić information content (AvgIpc) is 2.41. The molecule has 1 saturated carbocycles. The van der Waals surface area contributed by atoms with Crippen molar-refractivity contribution in [1.29, 1.82) is 0 Å². The quantitative estimate of drug-likeness (QED) is 0.788. The predicted octanol–water partition coefficient (Wildman–Crippen LogP) is 1.52. The lowest BCUT2D eigenvalue weighted by atomic mass is 9.93. The number of anilines is 1. The Kier molecular flexibility index (Phi) is 4.84. The van der Waals surface area contributed by atoms with Crippen LogP contribution in [0.3, 0.4) is 0 Å².